The van der Waals surface area contributed by atoms with Crippen LogP contribution in [0.2, 0.25) is 0 Å². The highest BCUT2D eigenvalue weighted by Gasteiger charge is 2.30. The van der Waals surface area contributed by atoms with E-state index in [1.807, 2.05) is 24.3 Å². The van der Waals surface area contributed by atoms with Crippen molar-refractivity contribution in [1.82, 2.24) is 15.6 Å². The summed E-state index contributed by atoms with van der Waals surface area (Å²) >= 11 is 0. The number of para-hydroxylation sites is 1. The first-order valence-electron chi connectivity index (χ1n) is 9.72. The van der Waals surface area contributed by atoms with Crippen molar-refractivity contribution >= 4 is 40.6 Å². The summed E-state index contributed by atoms with van der Waals surface area (Å²) in [5.41, 5.74) is 12.6. The molecule has 0 radical (unpaired) electrons. The van der Waals surface area contributed by atoms with Crippen molar-refractivity contribution < 1.29 is 34.2 Å². The number of aromatic nitrogens is 1. The number of fused-ring (bicyclic) bond motifs is 1. The molecule has 0 aliphatic heterocycles. The molecule has 1 aromatic carbocycles. The van der Waals surface area contributed by atoms with Gasteiger partial charge < -0.3 is 37.3 Å². The van der Waals surface area contributed by atoms with E-state index in [0.717, 1.165) is 16.5 Å². The van der Waals surface area contributed by atoms with Crippen LogP contribution in [-0.2, 0) is 30.4 Å². The summed E-state index contributed by atoms with van der Waals surface area (Å²) in [7, 11) is 0. The molecule has 32 heavy (non-hydrogen) atoms. The number of H-pyrrole nitrogens is 1. The lowest BCUT2D eigenvalue weighted by Gasteiger charge is -2.21. The molecule has 1 heterocycles. The van der Waals surface area contributed by atoms with Gasteiger partial charge in [0, 0.05) is 23.5 Å². The van der Waals surface area contributed by atoms with Gasteiger partial charge in [0.1, 0.15) is 12.1 Å². The van der Waals surface area contributed by atoms with E-state index in [1.54, 1.807) is 6.20 Å². The Bertz CT molecular complexity index is 1020. The van der Waals surface area contributed by atoms with Crippen LogP contribution in [0.15, 0.2) is 30.5 Å². The van der Waals surface area contributed by atoms with Gasteiger partial charge >= 0.3 is 11.9 Å². The van der Waals surface area contributed by atoms with E-state index in [-0.39, 0.29) is 19.3 Å². The lowest BCUT2D eigenvalue weighted by molar-refractivity contribution is -0.143. The summed E-state index contributed by atoms with van der Waals surface area (Å²) in [5.74, 6) is -5.39. The molecule has 2 aromatic rings. The molecule has 0 aliphatic rings. The van der Waals surface area contributed by atoms with Gasteiger partial charge in [-0.15, -0.1) is 0 Å². The molecule has 9 N–H and O–H groups in total. The summed E-state index contributed by atoms with van der Waals surface area (Å²) in [5, 5.41) is 23.5. The van der Waals surface area contributed by atoms with E-state index in [4.69, 9.17) is 16.6 Å². The zero-order chi connectivity index (χ0) is 23.8. The number of carboxylic acids is 2. The Balaban J connectivity index is 2.06. The molecule has 3 atom stereocenters. The molecule has 0 saturated heterocycles. The Morgan fingerprint density at radius 1 is 1.00 bits per heavy atom. The summed E-state index contributed by atoms with van der Waals surface area (Å²) in [4.78, 5) is 61.4. The van der Waals surface area contributed by atoms with Gasteiger partial charge in [-0.3, -0.25) is 19.2 Å². The fraction of sp³-hybridized carbons (Fsp3) is 0.350. The van der Waals surface area contributed by atoms with Gasteiger partial charge in [-0.25, -0.2) is 4.79 Å². The second-order valence-corrected chi connectivity index (χ2v) is 7.23. The van der Waals surface area contributed by atoms with Gasteiger partial charge in [0.15, 0.2) is 0 Å². The largest absolute Gasteiger partial charge is 0.481 e. The van der Waals surface area contributed by atoms with Crippen molar-refractivity contribution in [2.75, 3.05) is 0 Å². The first-order chi connectivity index (χ1) is 15.1. The van der Waals surface area contributed by atoms with Gasteiger partial charge in [0.25, 0.3) is 0 Å². The van der Waals surface area contributed by atoms with Crippen molar-refractivity contribution in [3.05, 3.63) is 36.0 Å². The molecule has 0 saturated carbocycles. The highest BCUT2D eigenvalue weighted by atomic mass is 16.4. The predicted octanol–water partition coefficient (Wildman–Crippen LogP) is -1.17. The molecule has 3 amide bonds. The Morgan fingerprint density at radius 2 is 1.66 bits per heavy atom. The number of aromatic amines is 1. The Hall–Kier alpha value is -3.93. The number of rotatable bonds is 12. The third kappa shape index (κ3) is 6.80. The number of hydrogen-bond acceptors (Lipinski definition) is 6. The minimum atomic E-state index is -1.57. The number of benzene rings is 1. The minimum absolute atomic E-state index is 0.119. The van der Waals surface area contributed by atoms with Gasteiger partial charge in [-0.05, 0) is 24.5 Å². The van der Waals surface area contributed by atoms with Crippen LogP contribution in [-0.4, -0.2) is 63.0 Å². The lowest BCUT2D eigenvalue weighted by atomic mass is 10.0. The molecular weight excluding hydrogens is 422 g/mol. The van der Waals surface area contributed by atoms with Crippen LogP contribution in [0.5, 0.6) is 0 Å². The molecular formula is C20H25N5O7. The number of aliphatic carboxylic acids is 2. The third-order valence-corrected chi connectivity index (χ3v) is 4.76. The summed E-state index contributed by atoms with van der Waals surface area (Å²) < 4.78 is 0. The van der Waals surface area contributed by atoms with Crippen molar-refractivity contribution in [1.29, 1.82) is 0 Å². The molecule has 12 nitrogen and oxygen atoms in total. The van der Waals surface area contributed by atoms with Gasteiger partial charge in [-0.2, -0.15) is 0 Å². The van der Waals surface area contributed by atoms with Gasteiger partial charge in [0.05, 0.1) is 12.5 Å². The van der Waals surface area contributed by atoms with Crippen LogP contribution < -0.4 is 22.1 Å². The first-order valence-corrected chi connectivity index (χ1v) is 9.72. The van der Waals surface area contributed by atoms with Gasteiger partial charge in [-0.1, -0.05) is 18.2 Å². The number of amides is 3. The number of hydrogen-bond donors (Lipinski definition) is 7. The van der Waals surface area contributed by atoms with E-state index in [9.17, 15) is 29.1 Å². The van der Waals surface area contributed by atoms with E-state index in [0.29, 0.717) is 0 Å². The van der Waals surface area contributed by atoms with Crippen LogP contribution in [0.25, 0.3) is 10.9 Å². The monoisotopic (exact) mass is 447 g/mol. The molecule has 12 heteroatoms. The molecule has 1 aromatic heterocycles. The molecule has 0 aliphatic carbocycles. The second kappa shape index (κ2) is 10.9. The molecule has 0 bridgehead atoms. The Morgan fingerprint density at radius 3 is 2.28 bits per heavy atom. The highest BCUT2D eigenvalue weighted by Crippen LogP contribution is 2.18. The normalized spacial score (nSPS) is 13.7. The standard InChI is InChI=1S/C20H25N5O7/c21-12(7-10-9-23-13-4-2-1-3-11(10)13)18(29)25-15(8-17(27)28)19(30)24-14(20(31)32)5-6-16(22)26/h1-4,9,12,14-15,23H,5-8,21H2,(H2,22,26)(H,24,30)(H,25,29)(H,27,28)(H,31,32)/t12-,14-,15-/m0/s1. The smallest absolute Gasteiger partial charge is 0.326 e. The number of carboxylic acid groups (broad SMARTS) is 2. The van der Waals surface area contributed by atoms with Crippen molar-refractivity contribution in [3.63, 3.8) is 0 Å². The Kier molecular flexibility index (Phi) is 8.30. The van der Waals surface area contributed by atoms with Crippen LogP contribution in [0.3, 0.4) is 0 Å². The molecule has 0 fully saturated rings. The number of carbonyl (C=O) groups is 5. The van der Waals surface area contributed by atoms with E-state index in [1.165, 1.54) is 0 Å². The van der Waals surface area contributed by atoms with Crippen molar-refractivity contribution in [2.45, 2.75) is 43.8 Å². The zero-order valence-electron chi connectivity index (χ0n) is 17.0. The average Bonchev–Trinajstić information content (AvgIpc) is 3.12. The average molecular weight is 447 g/mol. The zero-order valence-corrected chi connectivity index (χ0v) is 17.0. The summed E-state index contributed by atoms with van der Waals surface area (Å²) in [6.07, 6.45) is 0.440. The van der Waals surface area contributed by atoms with Crippen molar-refractivity contribution in [2.24, 2.45) is 11.5 Å². The fourth-order valence-corrected chi connectivity index (χ4v) is 3.11. The Labute approximate surface area is 182 Å². The van der Waals surface area contributed by atoms with Crippen molar-refractivity contribution in [3.8, 4) is 0 Å². The summed E-state index contributed by atoms with van der Waals surface area (Å²) in [6, 6.07) is 3.24. The first kappa shape index (κ1) is 24.3. The van der Waals surface area contributed by atoms with E-state index in [2.05, 4.69) is 15.6 Å². The lowest BCUT2D eigenvalue weighted by Crippen LogP contribution is -2.55. The maximum atomic E-state index is 12.5. The molecule has 0 unspecified atom stereocenters. The van der Waals surface area contributed by atoms with Gasteiger partial charge in [0.2, 0.25) is 17.7 Å². The van der Waals surface area contributed by atoms with Crippen LogP contribution in [0.4, 0.5) is 0 Å². The number of carbonyl (C=O) groups excluding carboxylic acids is 3. The number of nitrogens with two attached hydrogens (primary N) is 2. The summed E-state index contributed by atoms with van der Waals surface area (Å²) in [6.45, 7) is 0. The molecule has 172 valence electrons. The highest BCUT2D eigenvalue weighted by molar-refractivity contribution is 5.94. The maximum absolute atomic E-state index is 12.5. The third-order valence-electron chi connectivity index (χ3n) is 4.76. The maximum Gasteiger partial charge on any atom is 0.326 e. The van der Waals surface area contributed by atoms with Crippen LogP contribution >= 0.6 is 0 Å². The topological polar surface area (TPSA) is 218 Å². The predicted molar refractivity (Wildman–Crippen MR) is 112 cm³/mol. The van der Waals surface area contributed by atoms with Crippen LogP contribution in [0.1, 0.15) is 24.8 Å². The number of primary amides is 1. The fourth-order valence-electron chi connectivity index (χ4n) is 3.11. The SMILES string of the molecule is NC(=O)CC[C@H](NC(=O)[C@H](CC(=O)O)NC(=O)[C@@H](N)Cc1c[nH]c2ccccc12)C(=O)O. The quantitative estimate of drug-likeness (QED) is 0.210. The van der Waals surface area contributed by atoms with Crippen LogP contribution in [0, 0.1) is 0 Å². The van der Waals surface area contributed by atoms with E-state index >= 15 is 0 Å². The minimum Gasteiger partial charge on any atom is -0.481 e. The van der Waals surface area contributed by atoms with E-state index < -0.39 is 54.2 Å². The molecule has 2 rings (SSSR count). The molecule has 0 spiro atoms. The number of nitrogens with one attached hydrogen (secondary N) is 3. The second-order valence-electron chi connectivity index (χ2n) is 7.23.